The molecule has 0 saturated heterocycles. The maximum Gasteiger partial charge on any atom is 0.341 e. The highest BCUT2D eigenvalue weighted by Crippen LogP contribution is 2.38. The van der Waals surface area contributed by atoms with E-state index in [4.69, 9.17) is 4.74 Å². The number of thioether (sulfide) groups is 1. The number of fused-ring (bicyclic) bond motifs is 1. The lowest BCUT2D eigenvalue weighted by Crippen LogP contribution is -2.30. The van der Waals surface area contributed by atoms with Crippen molar-refractivity contribution in [2.75, 3.05) is 24.3 Å². The van der Waals surface area contributed by atoms with E-state index in [1.807, 2.05) is 47.2 Å². The minimum Gasteiger partial charge on any atom is -0.465 e. The Morgan fingerprint density at radius 2 is 1.73 bits per heavy atom. The van der Waals surface area contributed by atoms with Crippen LogP contribution in [-0.2, 0) is 33.8 Å². The van der Waals surface area contributed by atoms with Crippen LogP contribution >= 0.6 is 34.4 Å². The molecule has 12 heteroatoms. The first kappa shape index (κ1) is 35.8. The Hall–Kier alpha value is -5.01. The van der Waals surface area contributed by atoms with Crippen molar-refractivity contribution in [3.8, 4) is 0 Å². The van der Waals surface area contributed by atoms with E-state index in [2.05, 4.69) is 33.0 Å². The summed E-state index contributed by atoms with van der Waals surface area (Å²) in [6.45, 7) is 4.06. The molecule has 2 aromatic heterocycles. The Labute approximate surface area is 308 Å². The number of amides is 3. The van der Waals surface area contributed by atoms with Crippen molar-refractivity contribution in [2.24, 2.45) is 0 Å². The topological polar surface area (TPSA) is 117 Å². The van der Waals surface area contributed by atoms with Crippen LogP contribution in [0.4, 0.5) is 10.7 Å². The number of methoxy groups -OCH3 is 1. The molecule has 5 aromatic rings. The number of anilines is 2. The number of hydrogen-bond acceptors (Lipinski definition) is 9. The predicted molar refractivity (Wildman–Crippen MR) is 205 cm³/mol. The Kier molecular flexibility index (Phi) is 11.8. The molecule has 9 nitrogen and oxygen atoms in total. The first-order chi connectivity index (χ1) is 24.8. The fourth-order valence-corrected chi connectivity index (χ4v) is 8.45. The molecule has 3 aromatic carbocycles. The Morgan fingerprint density at radius 1 is 0.961 bits per heavy atom. The summed E-state index contributed by atoms with van der Waals surface area (Å²) < 4.78 is 5.13. The summed E-state index contributed by atoms with van der Waals surface area (Å²) in [7, 11) is 1.35. The first-order valence-electron chi connectivity index (χ1n) is 16.3. The SMILES string of the molecule is COC(=O)c1c(NC(=O)C(C)Sc2cccc(NC(=O)/C(=C/c3ccsc3)NC(=O)c3ccccc3)c2)sc2c1CCN(Cc1ccccc1)C2. The summed E-state index contributed by atoms with van der Waals surface area (Å²) in [6.07, 6.45) is 2.31. The number of rotatable bonds is 12. The molecule has 3 heterocycles. The normalized spacial score (nSPS) is 13.5. The van der Waals surface area contributed by atoms with Gasteiger partial charge in [0.05, 0.1) is 17.9 Å². The molecule has 260 valence electrons. The summed E-state index contributed by atoms with van der Waals surface area (Å²) in [4.78, 5) is 57.0. The molecule has 0 saturated carbocycles. The highest BCUT2D eigenvalue weighted by atomic mass is 32.2. The minimum atomic E-state index is -0.533. The monoisotopic (exact) mass is 736 g/mol. The second-order valence-corrected chi connectivity index (χ2v) is 15.1. The molecule has 51 heavy (non-hydrogen) atoms. The predicted octanol–water partition coefficient (Wildman–Crippen LogP) is 7.68. The van der Waals surface area contributed by atoms with Gasteiger partial charge in [-0.25, -0.2) is 4.79 Å². The van der Waals surface area contributed by atoms with Crippen molar-refractivity contribution >= 4 is 74.9 Å². The number of thiophene rings is 2. The van der Waals surface area contributed by atoms with E-state index in [0.717, 1.165) is 34.0 Å². The Morgan fingerprint density at radius 3 is 2.45 bits per heavy atom. The van der Waals surface area contributed by atoms with Crippen LogP contribution in [-0.4, -0.2) is 47.5 Å². The van der Waals surface area contributed by atoms with Gasteiger partial charge in [0, 0.05) is 40.7 Å². The third-order valence-electron chi connectivity index (χ3n) is 8.17. The number of ether oxygens (including phenoxy) is 1. The molecule has 0 radical (unpaired) electrons. The fraction of sp³-hybridized carbons (Fsp3) is 0.179. The largest absolute Gasteiger partial charge is 0.465 e. The standard InChI is InChI=1S/C39H36N4O5S3/c1-25(35(44)42-38-34(39(47)48-2)31-16-18-43(23-33(31)51-38)22-26-10-5-3-6-11-26)50-30-15-9-14-29(21-30)40-37(46)32(20-27-17-19-49-24-27)41-36(45)28-12-7-4-8-13-28/h3-15,17,19-21,24-25H,16,18,22-23H2,1-2H3,(H,40,46)(H,41,45)(H,42,44)/b32-20-. The lowest BCUT2D eigenvalue weighted by molar-refractivity contribution is -0.115. The van der Waals surface area contributed by atoms with Gasteiger partial charge in [-0.2, -0.15) is 11.3 Å². The number of benzene rings is 3. The molecule has 1 unspecified atom stereocenters. The van der Waals surface area contributed by atoms with Crippen molar-refractivity contribution < 1.29 is 23.9 Å². The quantitative estimate of drug-likeness (QED) is 0.0684. The molecule has 0 aliphatic carbocycles. The third kappa shape index (κ3) is 9.21. The number of nitrogens with zero attached hydrogens (tertiary/aromatic N) is 1. The number of hydrogen-bond donors (Lipinski definition) is 3. The third-order valence-corrected chi connectivity index (χ3v) is 11.1. The molecule has 3 amide bonds. The van der Waals surface area contributed by atoms with E-state index < -0.39 is 23.0 Å². The molecular weight excluding hydrogens is 701 g/mol. The number of carbonyl (C=O) groups excluding carboxylic acids is 4. The fourth-order valence-electron chi connectivity index (χ4n) is 5.62. The van der Waals surface area contributed by atoms with Crippen molar-refractivity contribution in [3.63, 3.8) is 0 Å². The number of carbonyl (C=O) groups is 4. The van der Waals surface area contributed by atoms with Crippen LogP contribution in [0.15, 0.2) is 112 Å². The molecule has 3 N–H and O–H groups in total. The zero-order valence-corrected chi connectivity index (χ0v) is 30.5. The maximum absolute atomic E-state index is 13.5. The van der Waals surface area contributed by atoms with Gasteiger partial charge in [0.25, 0.3) is 11.8 Å². The molecule has 0 bridgehead atoms. The molecule has 1 atom stereocenters. The second-order valence-electron chi connectivity index (χ2n) is 11.8. The van der Waals surface area contributed by atoms with Gasteiger partial charge in [-0.15, -0.1) is 23.1 Å². The lowest BCUT2D eigenvalue weighted by atomic mass is 10.0. The smallest absolute Gasteiger partial charge is 0.341 e. The molecular formula is C39H36N4O5S3. The Bertz CT molecular complexity index is 2050. The average Bonchev–Trinajstić information content (AvgIpc) is 3.79. The van der Waals surface area contributed by atoms with Crippen LogP contribution in [0.1, 0.15) is 49.2 Å². The molecule has 0 fully saturated rings. The van der Waals surface area contributed by atoms with Gasteiger partial charge in [0.2, 0.25) is 5.91 Å². The zero-order chi connectivity index (χ0) is 35.7. The highest BCUT2D eigenvalue weighted by molar-refractivity contribution is 8.00. The zero-order valence-electron chi connectivity index (χ0n) is 28.0. The summed E-state index contributed by atoms with van der Waals surface area (Å²) in [5.74, 6) is -1.61. The van der Waals surface area contributed by atoms with Crippen LogP contribution in [0.25, 0.3) is 6.08 Å². The maximum atomic E-state index is 13.5. The Balaban J connectivity index is 1.12. The molecule has 0 spiro atoms. The van der Waals surface area contributed by atoms with E-state index in [-0.39, 0.29) is 11.6 Å². The molecule has 1 aliphatic heterocycles. The van der Waals surface area contributed by atoms with Crippen molar-refractivity contribution in [2.45, 2.75) is 36.6 Å². The second kappa shape index (κ2) is 16.8. The van der Waals surface area contributed by atoms with Gasteiger partial charge >= 0.3 is 5.97 Å². The summed E-state index contributed by atoms with van der Waals surface area (Å²) >= 11 is 4.23. The van der Waals surface area contributed by atoms with Gasteiger partial charge in [0.15, 0.2) is 0 Å². The van der Waals surface area contributed by atoms with Crippen molar-refractivity contribution in [1.29, 1.82) is 0 Å². The van der Waals surface area contributed by atoms with E-state index in [1.54, 1.807) is 55.5 Å². The van der Waals surface area contributed by atoms with Gasteiger partial charge in [0.1, 0.15) is 10.7 Å². The number of esters is 1. The van der Waals surface area contributed by atoms with E-state index in [0.29, 0.717) is 34.8 Å². The first-order valence-corrected chi connectivity index (χ1v) is 18.9. The molecule has 6 rings (SSSR count). The molecule has 1 aliphatic rings. The van der Waals surface area contributed by atoms with Crippen LogP contribution in [0.2, 0.25) is 0 Å². The minimum absolute atomic E-state index is 0.0938. The lowest BCUT2D eigenvalue weighted by Gasteiger charge is -2.27. The summed E-state index contributed by atoms with van der Waals surface area (Å²) in [6, 6.07) is 28.0. The van der Waals surface area contributed by atoms with Crippen LogP contribution in [0, 0.1) is 0 Å². The van der Waals surface area contributed by atoms with E-state index >= 15 is 0 Å². The van der Waals surface area contributed by atoms with Crippen LogP contribution < -0.4 is 16.0 Å². The van der Waals surface area contributed by atoms with Crippen molar-refractivity contribution in [3.05, 3.63) is 140 Å². The number of nitrogens with one attached hydrogen (secondary N) is 3. The van der Waals surface area contributed by atoms with Gasteiger partial charge in [-0.3, -0.25) is 19.3 Å². The van der Waals surface area contributed by atoms with E-state index in [9.17, 15) is 19.2 Å². The van der Waals surface area contributed by atoms with Crippen molar-refractivity contribution in [1.82, 2.24) is 10.2 Å². The van der Waals surface area contributed by atoms with Gasteiger partial charge in [-0.05, 0) is 83.3 Å². The van der Waals surface area contributed by atoms with Crippen LogP contribution in [0.3, 0.4) is 0 Å². The van der Waals surface area contributed by atoms with Gasteiger partial charge < -0.3 is 20.7 Å². The summed E-state index contributed by atoms with van der Waals surface area (Å²) in [5, 5.41) is 12.4. The van der Waals surface area contributed by atoms with Crippen LogP contribution in [0.5, 0.6) is 0 Å². The van der Waals surface area contributed by atoms with Gasteiger partial charge in [-0.1, -0.05) is 54.6 Å². The summed E-state index contributed by atoms with van der Waals surface area (Å²) in [5.41, 5.74) is 4.39. The highest BCUT2D eigenvalue weighted by Gasteiger charge is 2.30. The average molecular weight is 737 g/mol. The van der Waals surface area contributed by atoms with E-state index in [1.165, 1.54) is 47.1 Å².